The van der Waals surface area contributed by atoms with Crippen LogP contribution in [0.5, 0.6) is 0 Å². The van der Waals surface area contributed by atoms with Crippen LogP contribution in [-0.4, -0.2) is 22.5 Å². The molecular formula is C14H16N2O. The summed E-state index contributed by atoms with van der Waals surface area (Å²) in [5.41, 5.74) is 0.921. The van der Waals surface area contributed by atoms with Gasteiger partial charge in [-0.25, -0.2) is 0 Å². The second-order valence-electron chi connectivity index (χ2n) is 5.19. The molecule has 0 unspecified atom stereocenters. The molecule has 2 atom stereocenters. The van der Waals surface area contributed by atoms with E-state index in [1.807, 2.05) is 18.5 Å². The molecule has 88 valence electrons. The van der Waals surface area contributed by atoms with Gasteiger partial charge >= 0.3 is 0 Å². The number of hydrogen-bond acceptors (Lipinski definition) is 3. The third-order valence-electron chi connectivity index (χ3n) is 4.27. The first kappa shape index (κ1) is 9.66. The van der Waals surface area contributed by atoms with Crippen LogP contribution in [0.2, 0.25) is 0 Å². The van der Waals surface area contributed by atoms with Gasteiger partial charge in [-0.05, 0) is 44.4 Å². The van der Waals surface area contributed by atoms with Crippen LogP contribution in [0.25, 0.3) is 11.0 Å². The van der Waals surface area contributed by atoms with E-state index in [1.165, 1.54) is 37.6 Å². The standard InChI is InChI=1S/C14H16N2O/c1-2-11-3-4-12(16(11)7-1)13-8-10-5-6-15-9-14(10)17-13/h5-6,8-9,11-12H,1-4,7H2/t11-,12-/m1/s1. The minimum atomic E-state index is 0.509. The number of furan rings is 1. The fraction of sp³-hybridized carbons (Fsp3) is 0.500. The second-order valence-corrected chi connectivity index (χ2v) is 5.19. The Kier molecular flexibility index (Phi) is 2.03. The van der Waals surface area contributed by atoms with Crippen molar-refractivity contribution in [3.05, 3.63) is 30.3 Å². The Morgan fingerprint density at radius 2 is 2.29 bits per heavy atom. The smallest absolute Gasteiger partial charge is 0.152 e. The van der Waals surface area contributed by atoms with Crippen molar-refractivity contribution in [2.24, 2.45) is 0 Å². The van der Waals surface area contributed by atoms with Gasteiger partial charge in [-0.15, -0.1) is 0 Å². The Morgan fingerprint density at radius 3 is 3.24 bits per heavy atom. The highest BCUT2D eigenvalue weighted by molar-refractivity contribution is 5.76. The van der Waals surface area contributed by atoms with Gasteiger partial charge in [0.1, 0.15) is 5.76 Å². The van der Waals surface area contributed by atoms with Crippen LogP contribution >= 0.6 is 0 Å². The lowest BCUT2D eigenvalue weighted by atomic mass is 10.1. The van der Waals surface area contributed by atoms with Crippen molar-refractivity contribution < 1.29 is 4.42 Å². The van der Waals surface area contributed by atoms with Crippen LogP contribution in [0, 0.1) is 0 Å². The fourth-order valence-electron chi connectivity index (χ4n) is 3.47. The summed E-state index contributed by atoms with van der Waals surface area (Å²) in [5.74, 6) is 1.14. The maximum Gasteiger partial charge on any atom is 0.152 e. The first-order valence-electron chi connectivity index (χ1n) is 6.51. The predicted molar refractivity (Wildman–Crippen MR) is 65.7 cm³/mol. The van der Waals surface area contributed by atoms with E-state index in [9.17, 15) is 0 Å². The summed E-state index contributed by atoms with van der Waals surface area (Å²) in [6, 6.07) is 5.54. The zero-order valence-corrected chi connectivity index (χ0v) is 9.80. The quantitative estimate of drug-likeness (QED) is 0.751. The predicted octanol–water partition coefficient (Wildman–Crippen LogP) is 3.13. The monoisotopic (exact) mass is 228 g/mol. The van der Waals surface area contributed by atoms with E-state index >= 15 is 0 Å². The molecule has 2 fully saturated rings. The summed E-state index contributed by atoms with van der Waals surface area (Å²) in [4.78, 5) is 6.74. The molecule has 3 heteroatoms. The molecule has 0 aromatic carbocycles. The number of fused-ring (bicyclic) bond motifs is 2. The molecule has 2 saturated heterocycles. The minimum Gasteiger partial charge on any atom is -0.458 e. The number of rotatable bonds is 1. The average Bonchev–Trinajstić information content (AvgIpc) is 3.02. The van der Waals surface area contributed by atoms with Gasteiger partial charge in [0, 0.05) is 17.6 Å². The Balaban J connectivity index is 1.74. The van der Waals surface area contributed by atoms with Crippen LogP contribution < -0.4 is 0 Å². The van der Waals surface area contributed by atoms with E-state index < -0.39 is 0 Å². The molecule has 0 aliphatic carbocycles. The van der Waals surface area contributed by atoms with Gasteiger partial charge in [0.25, 0.3) is 0 Å². The van der Waals surface area contributed by atoms with Gasteiger partial charge in [-0.2, -0.15) is 0 Å². The summed E-state index contributed by atoms with van der Waals surface area (Å²) < 4.78 is 5.96. The molecule has 2 aliphatic rings. The van der Waals surface area contributed by atoms with Crippen LogP contribution in [0.4, 0.5) is 0 Å². The van der Waals surface area contributed by atoms with Gasteiger partial charge in [0.15, 0.2) is 5.58 Å². The minimum absolute atomic E-state index is 0.509. The van der Waals surface area contributed by atoms with E-state index in [-0.39, 0.29) is 0 Å². The Bertz CT molecular complexity index is 515. The van der Waals surface area contributed by atoms with Gasteiger partial charge < -0.3 is 4.42 Å². The molecule has 17 heavy (non-hydrogen) atoms. The summed E-state index contributed by atoms with van der Waals surface area (Å²) in [7, 11) is 0. The highest BCUT2D eigenvalue weighted by Crippen LogP contribution is 2.42. The zero-order chi connectivity index (χ0) is 11.2. The van der Waals surface area contributed by atoms with Crippen molar-refractivity contribution in [2.75, 3.05) is 6.54 Å². The molecule has 2 aromatic heterocycles. The lowest BCUT2D eigenvalue weighted by molar-refractivity contribution is 0.225. The zero-order valence-electron chi connectivity index (χ0n) is 9.80. The molecule has 0 spiro atoms. The van der Waals surface area contributed by atoms with Crippen molar-refractivity contribution in [1.82, 2.24) is 9.88 Å². The SMILES string of the molecule is c1cc2cc([C@H]3CC[C@H]4CCCN43)oc2cn1. The second kappa shape index (κ2) is 3.57. The summed E-state index contributed by atoms with van der Waals surface area (Å²) in [5, 5.41) is 1.18. The lowest BCUT2D eigenvalue weighted by Gasteiger charge is -2.21. The van der Waals surface area contributed by atoms with Crippen molar-refractivity contribution in [3.63, 3.8) is 0 Å². The van der Waals surface area contributed by atoms with Crippen LogP contribution in [0.15, 0.2) is 28.9 Å². The van der Waals surface area contributed by atoms with Crippen LogP contribution in [0.1, 0.15) is 37.5 Å². The molecule has 0 saturated carbocycles. The van der Waals surface area contributed by atoms with E-state index in [1.54, 1.807) is 0 Å². The molecule has 0 radical (unpaired) electrons. The van der Waals surface area contributed by atoms with Gasteiger partial charge in [0.2, 0.25) is 0 Å². The average molecular weight is 228 g/mol. The molecule has 4 heterocycles. The van der Waals surface area contributed by atoms with E-state index in [2.05, 4.69) is 16.0 Å². The topological polar surface area (TPSA) is 29.3 Å². The number of aromatic nitrogens is 1. The Hall–Kier alpha value is -1.35. The van der Waals surface area contributed by atoms with Crippen molar-refractivity contribution in [2.45, 2.75) is 37.8 Å². The summed E-state index contributed by atoms with van der Waals surface area (Å²) in [6.45, 7) is 1.24. The molecule has 0 bridgehead atoms. The van der Waals surface area contributed by atoms with Gasteiger partial charge in [0.05, 0.1) is 12.2 Å². The maximum absolute atomic E-state index is 5.96. The molecule has 2 aromatic rings. The largest absolute Gasteiger partial charge is 0.458 e. The van der Waals surface area contributed by atoms with E-state index in [0.29, 0.717) is 6.04 Å². The molecule has 3 nitrogen and oxygen atoms in total. The summed E-state index contributed by atoms with van der Waals surface area (Å²) in [6.07, 6.45) is 8.95. The lowest BCUT2D eigenvalue weighted by Crippen LogP contribution is -2.25. The van der Waals surface area contributed by atoms with Gasteiger partial charge in [-0.1, -0.05) is 0 Å². The third kappa shape index (κ3) is 1.42. The molecular weight excluding hydrogens is 212 g/mol. The molecule has 0 amide bonds. The number of hydrogen-bond donors (Lipinski definition) is 0. The van der Waals surface area contributed by atoms with E-state index in [4.69, 9.17) is 4.42 Å². The maximum atomic E-state index is 5.96. The van der Waals surface area contributed by atoms with Crippen LogP contribution in [0.3, 0.4) is 0 Å². The van der Waals surface area contributed by atoms with Crippen LogP contribution in [-0.2, 0) is 0 Å². The number of nitrogens with zero attached hydrogens (tertiary/aromatic N) is 2. The highest BCUT2D eigenvalue weighted by atomic mass is 16.3. The van der Waals surface area contributed by atoms with Crippen molar-refractivity contribution in [3.8, 4) is 0 Å². The third-order valence-corrected chi connectivity index (χ3v) is 4.27. The Morgan fingerprint density at radius 1 is 1.29 bits per heavy atom. The van der Waals surface area contributed by atoms with Gasteiger partial charge in [-0.3, -0.25) is 9.88 Å². The fourth-order valence-corrected chi connectivity index (χ4v) is 3.47. The molecule has 4 rings (SSSR count). The normalized spacial score (nSPS) is 28.9. The van der Waals surface area contributed by atoms with Crippen molar-refractivity contribution >= 4 is 11.0 Å². The van der Waals surface area contributed by atoms with E-state index in [0.717, 1.165) is 17.4 Å². The molecule has 0 N–H and O–H groups in total. The Labute approximate surface area is 100 Å². The molecule has 2 aliphatic heterocycles. The highest BCUT2D eigenvalue weighted by Gasteiger charge is 2.38. The first-order valence-corrected chi connectivity index (χ1v) is 6.51. The number of pyridine rings is 1. The first-order chi connectivity index (χ1) is 8.42. The van der Waals surface area contributed by atoms with Crippen molar-refractivity contribution in [1.29, 1.82) is 0 Å². The summed E-state index contributed by atoms with van der Waals surface area (Å²) >= 11 is 0.